The lowest BCUT2D eigenvalue weighted by molar-refractivity contribution is 0.117. The van der Waals surface area contributed by atoms with Crippen molar-refractivity contribution < 1.29 is 0 Å². The summed E-state index contributed by atoms with van der Waals surface area (Å²) in [7, 11) is 0. The number of nitrogens with one attached hydrogen (secondary N) is 1. The molecule has 1 aliphatic rings. The summed E-state index contributed by atoms with van der Waals surface area (Å²) in [6.45, 7) is 6.56. The molecule has 2 rings (SSSR count). The highest BCUT2D eigenvalue weighted by Gasteiger charge is 2.46. The van der Waals surface area contributed by atoms with Crippen LogP contribution in [0, 0.1) is 5.41 Å². The number of aromatic nitrogens is 1. The quantitative estimate of drug-likeness (QED) is 0.829. The van der Waals surface area contributed by atoms with Crippen LogP contribution < -0.4 is 11.1 Å². The fourth-order valence-corrected chi connectivity index (χ4v) is 2.74. The topological polar surface area (TPSA) is 50.9 Å². The molecule has 0 aromatic carbocycles. The average Bonchev–Trinajstić information content (AvgIpc) is 2.65. The van der Waals surface area contributed by atoms with Crippen LogP contribution in [-0.2, 0) is 6.42 Å². The summed E-state index contributed by atoms with van der Waals surface area (Å²) in [6, 6.07) is 0.795. The minimum atomic E-state index is 0.193. The minimum absolute atomic E-state index is 0.193. The second-order valence-electron chi connectivity index (χ2n) is 4.86. The van der Waals surface area contributed by atoms with Crippen LogP contribution in [0.2, 0.25) is 0 Å². The van der Waals surface area contributed by atoms with Gasteiger partial charge in [-0.15, -0.1) is 11.3 Å². The standard InChI is InChI=1S/C11H19N3S/c1-4-7-6-15-10(13-7)14-9-5-8(12)11(9,2)3/h6,8-9H,4-5,12H2,1-3H3,(H,13,14). The first kappa shape index (κ1) is 10.9. The SMILES string of the molecule is CCc1csc(NC2CC(N)C2(C)C)n1. The van der Waals surface area contributed by atoms with Crippen molar-refractivity contribution in [1.29, 1.82) is 0 Å². The molecule has 0 saturated heterocycles. The Morgan fingerprint density at radius 3 is 2.87 bits per heavy atom. The molecule has 4 heteroatoms. The van der Waals surface area contributed by atoms with Gasteiger partial charge in [-0.1, -0.05) is 20.8 Å². The van der Waals surface area contributed by atoms with Crippen LogP contribution in [-0.4, -0.2) is 17.1 Å². The van der Waals surface area contributed by atoms with Crippen LogP contribution in [0.3, 0.4) is 0 Å². The molecule has 0 spiro atoms. The number of hydrogen-bond donors (Lipinski definition) is 2. The molecule has 15 heavy (non-hydrogen) atoms. The van der Waals surface area contributed by atoms with E-state index in [9.17, 15) is 0 Å². The summed E-state index contributed by atoms with van der Waals surface area (Å²) in [5, 5.41) is 6.64. The Labute approximate surface area is 95.1 Å². The molecule has 2 atom stereocenters. The first-order valence-corrected chi connectivity index (χ1v) is 6.38. The molecule has 2 unspecified atom stereocenters. The third kappa shape index (κ3) is 1.88. The summed E-state index contributed by atoms with van der Waals surface area (Å²) in [5.41, 5.74) is 7.34. The minimum Gasteiger partial charge on any atom is -0.358 e. The molecule has 84 valence electrons. The van der Waals surface area contributed by atoms with Gasteiger partial charge in [0.2, 0.25) is 0 Å². The van der Waals surface area contributed by atoms with Gasteiger partial charge in [-0.3, -0.25) is 0 Å². The Balaban J connectivity index is 1.98. The summed E-state index contributed by atoms with van der Waals surface area (Å²) in [6.07, 6.45) is 2.06. The summed E-state index contributed by atoms with van der Waals surface area (Å²) < 4.78 is 0. The fraction of sp³-hybridized carbons (Fsp3) is 0.727. The van der Waals surface area contributed by atoms with Crippen LogP contribution >= 0.6 is 11.3 Å². The molecular formula is C11H19N3S. The first-order valence-electron chi connectivity index (χ1n) is 5.50. The summed E-state index contributed by atoms with van der Waals surface area (Å²) in [5.74, 6) is 0. The average molecular weight is 225 g/mol. The molecular weight excluding hydrogens is 206 g/mol. The summed E-state index contributed by atoms with van der Waals surface area (Å²) in [4.78, 5) is 4.51. The van der Waals surface area contributed by atoms with Gasteiger partial charge in [-0.2, -0.15) is 0 Å². The van der Waals surface area contributed by atoms with Crippen molar-refractivity contribution in [3.05, 3.63) is 11.1 Å². The van der Waals surface area contributed by atoms with Gasteiger partial charge in [0.1, 0.15) is 0 Å². The highest BCUT2D eigenvalue weighted by atomic mass is 32.1. The number of anilines is 1. The van der Waals surface area contributed by atoms with Crippen LogP contribution in [0.5, 0.6) is 0 Å². The molecule has 1 saturated carbocycles. The largest absolute Gasteiger partial charge is 0.358 e. The number of thiazole rings is 1. The highest BCUT2D eigenvalue weighted by molar-refractivity contribution is 7.13. The summed E-state index contributed by atoms with van der Waals surface area (Å²) >= 11 is 1.69. The maximum absolute atomic E-state index is 5.97. The number of nitrogens with zero attached hydrogens (tertiary/aromatic N) is 1. The molecule has 0 radical (unpaired) electrons. The van der Waals surface area contributed by atoms with Crippen molar-refractivity contribution in [2.24, 2.45) is 11.1 Å². The zero-order valence-electron chi connectivity index (χ0n) is 9.58. The zero-order chi connectivity index (χ0) is 11.1. The monoisotopic (exact) mass is 225 g/mol. The van der Waals surface area contributed by atoms with Crippen LogP contribution in [0.25, 0.3) is 0 Å². The van der Waals surface area contributed by atoms with E-state index in [1.807, 2.05) is 0 Å². The van der Waals surface area contributed by atoms with E-state index < -0.39 is 0 Å². The van der Waals surface area contributed by atoms with E-state index in [2.05, 4.69) is 36.5 Å². The lowest BCUT2D eigenvalue weighted by atomic mass is 9.63. The number of nitrogens with two attached hydrogens (primary N) is 1. The normalized spacial score (nSPS) is 28.5. The smallest absolute Gasteiger partial charge is 0.183 e. The fourth-order valence-electron chi connectivity index (χ4n) is 1.89. The van der Waals surface area contributed by atoms with Crippen LogP contribution in [0.4, 0.5) is 5.13 Å². The Morgan fingerprint density at radius 2 is 2.40 bits per heavy atom. The predicted molar refractivity (Wildman–Crippen MR) is 65.3 cm³/mol. The van der Waals surface area contributed by atoms with Crippen molar-refractivity contribution in [2.75, 3.05) is 5.32 Å². The van der Waals surface area contributed by atoms with E-state index in [1.165, 1.54) is 5.69 Å². The van der Waals surface area contributed by atoms with Gasteiger partial charge in [0, 0.05) is 22.9 Å². The molecule has 1 aromatic rings. The van der Waals surface area contributed by atoms with Gasteiger partial charge in [-0.05, 0) is 12.8 Å². The van der Waals surface area contributed by atoms with Gasteiger partial charge in [-0.25, -0.2) is 4.98 Å². The van der Waals surface area contributed by atoms with Crippen LogP contribution in [0.1, 0.15) is 32.9 Å². The molecule has 0 amide bonds. The third-order valence-electron chi connectivity index (χ3n) is 3.56. The maximum atomic E-state index is 5.97. The molecule has 1 aromatic heterocycles. The Hall–Kier alpha value is -0.610. The van der Waals surface area contributed by atoms with Gasteiger partial charge < -0.3 is 11.1 Å². The second kappa shape index (κ2) is 3.76. The molecule has 1 heterocycles. The lowest BCUT2D eigenvalue weighted by Gasteiger charge is -2.50. The van der Waals surface area contributed by atoms with Crippen molar-refractivity contribution in [3.63, 3.8) is 0 Å². The van der Waals surface area contributed by atoms with Gasteiger partial charge in [0.15, 0.2) is 5.13 Å². The molecule has 0 bridgehead atoms. The van der Waals surface area contributed by atoms with E-state index in [4.69, 9.17) is 5.73 Å². The van der Waals surface area contributed by atoms with Crippen molar-refractivity contribution in [3.8, 4) is 0 Å². The van der Waals surface area contributed by atoms with Gasteiger partial charge >= 0.3 is 0 Å². The Kier molecular flexibility index (Phi) is 2.73. The molecule has 3 nitrogen and oxygen atoms in total. The molecule has 0 aliphatic heterocycles. The van der Waals surface area contributed by atoms with E-state index in [1.54, 1.807) is 11.3 Å². The third-order valence-corrected chi connectivity index (χ3v) is 4.38. The number of aryl methyl sites for hydroxylation is 1. The first-order chi connectivity index (χ1) is 7.04. The van der Waals surface area contributed by atoms with Crippen molar-refractivity contribution >= 4 is 16.5 Å². The van der Waals surface area contributed by atoms with E-state index in [0.717, 1.165) is 18.0 Å². The van der Waals surface area contributed by atoms with Crippen LogP contribution in [0.15, 0.2) is 5.38 Å². The Morgan fingerprint density at radius 1 is 1.67 bits per heavy atom. The molecule has 1 fully saturated rings. The Bertz CT molecular complexity index is 345. The zero-order valence-corrected chi connectivity index (χ0v) is 10.4. The molecule has 1 aliphatic carbocycles. The number of hydrogen-bond acceptors (Lipinski definition) is 4. The van der Waals surface area contributed by atoms with Crippen molar-refractivity contribution in [2.45, 2.75) is 45.7 Å². The van der Waals surface area contributed by atoms with Crippen molar-refractivity contribution in [1.82, 2.24) is 4.98 Å². The predicted octanol–water partition coefficient (Wildman–Crippen LogP) is 2.24. The van der Waals surface area contributed by atoms with E-state index in [0.29, 0.717) is 12.1 Å². The second-order valence-corrected chi connectivity index (χ2v) is 5.72. The lowest BCUT2D eigenvalue weighted by Crippen LogP contribution is -2.61. The van der Waals surface area contributed by atoms with Gasteiger partial charge in [0.05, 0.1) is 5.69 Å². The van der Waals surface area contributed by atoms with E-state index in [-0.39, 0.29) is 5.41 Å². The van der Waals surface area contributed by atoms with E-state index >= 15 is 0 Å². The highest BCUT2D eigenvalue weighted by Crippen LogP contribution is 2.41. The molecule has 3 N–H and O–H groups in total. The van der Waals surface area contributed by atoms with Gasteiger partial charge in [0.25, 0.3) is 0 Å². The number of rotatable bonds is 3. The maximum Gasteiger partial charge on any atom is 0.183 e.